The van der Waals surface area contributed by atoms with Crippen LogP contribution >= 0.6 is 0 Å². The van der Waals surface area contributed by atoms with Crippen molar-refractivity contribution in [3.63, 3.8) is 0 Å². The van der Waals surface area contributed by atoms with Crippen molar-refractivity contribution < 1.29 is 19.1 Å². The summed E-state index contributed by atoms with van der Waals surface area (Å²) < 4.78 is 4.98. The molecule has 30 heavy (non-hydrogen) atoms. The fraction of sp³-hybridized carbons (Fsp3) is 0.208. The molecule has 0 bridgehead atoms. The van der Waals surface area contributed by atoms with Crippen molar-refractivity contribution in [1.29, 1.82) is 0 Å². The van der Waals surface area contributed by atoms with E-state index in [0.29, 0.717) is 5.69 Å². The van der Waals surface area contributed by atoms with Crippen LogP contribution in [0.25, 0.3) is 10.8 Å². The lowest BCUT2D eigenvalue weighted by atomic mass is 10.1. The summed E-state index contributed by atoms with van der Waals surface area (Å²) in [4.78, 5) is 36.1. The van der Waals surface area contributed by atoms with Crippen LogP contribution in [-0.4, -0.2) is 24.4 Å². The number of benzene rings is 3. The van der Waals surface area contributed by atoms with Crippen LogP contribution in [0.3, 0.4) is 0 Å². The molecule has 0 aliphatic carbocycles. The number of carbonyl (C=O) groups excluding carboxylic acids is 3. The minimum atomic E-state index is -0.592. The molecule has 154 valence electrons. The molecule has 0 heterocycles. The number of nitrogens with one attached hydrogen (secondary N) is 2. The first kappa shape index (κ1) is 21.0. The zero-order chi connectivity index (χ0) is 21.3. The lowest BCUT2D eigenvalue weighted by molar-refractivity contribution is -0.149. The van der Waals surface area contributed by atoms with Crippen molar-refractivity contribution in [2.45, 2.75) is 25.8 Å². The van der Waals surface area contributed by atoms with Crippen molar-refractivity contribution in [3.05, 3.63) is 78.4 Å². The zero-order valence-corrected chi connectivity index (χ0v) is 16.8. The molecule has 2 N–H and O–H groups in total. The largest absolute Gasteiger partial charge is 0.456 e. The van der Waals surface area contributed by atoms with Gasteiger partial charge in [-0.25, -0.2) is 0 Å². The highest BCUT2D eigenvalue weighted by Crippen LogP contribution is 2.23. The fourth-order valence-electron chi connectivity index (χ4n) is 3.09. The van der Waals surface area contributed by atoms with Crippen LogP contribution in [0.4, 0.5) is 5.69 Å². The SMILES string of the molecule is C[C@@H](NC(=O)COC(=O)CCC(=O)Nc1cccc2ccccc12)c1ccccc1. The standard InChI is InChI=1S/C24H24N2O4/c1-17(18-8-3-2-4-9-18)25-23(28)16-30-24(29)15-14-22(27)26-21-13-7-11-19-10-5-6-12-20(19)21/h2-13,17H,14-16H2,1H3,(H,25,28)(H,26,27)/t17-/m1/s1. The van der Waals surface area contributed by atoms with Crippen LogP contribution in [0.2, 0.25) is 0 Å². The van der Waals surface area contributed by atoms with Crippen molar-refractivity contribution in [2.75, 3.05) is 11.9 Å². The van der Waals surface area contributed by atoms with Gasteiger partial charge in [0.25, 0.3) is 5.91 Å². The predicted octanol–water partition coefficient (Wildman–Crippen LogP) is 3.98. The van der Waals surface area contributed by atoms with Gasteiger partial charge in [-0.2, -0.15) is 0 Å². The van der Waals surface area contributed by atoms with Crippen LogP contribution in [-0.2, 0) is 19.1 Å². The molecule has 0 aliphatic heterocycles. The number of esters is 1. The van der Waals surface area contributed by atoms with Gasteiger partial charge in [0.15, 0.2) is 6.61 Å². The third-order valence-electron chi connectivity index (χ3n) is 4.66. The van der Waals surface area contributed by atoms with Crippen LogP contribution in [0.5, 0.6) is 0 Å². The van der Waals surface area contributed by atoms with Crippen LogP contribution in [0.15, 0.2) is 72.8 Å². The average molecular weight is 404 g/mol. The molecular formula is C24H24N2O4. The molecule has 3 aromatic carbocycles. The molecule has 0 radical (unpaired) electrons. The summed E-state index contributed by atoms with van der Waals surface area (Å²) in [6, 6.07) is 22.7. The normalized spacial score (nSPS) is 11.5. The highest BCUT2D eigenvalue weighted by molar-refractivity contribution is 6.02. The Kier molecular flexibility index (Phi) is 7.16. The van der Waals surface area contributed by atoms with E-state index in [0.717, 1.165) is 16.3 Å². The number of carbonyl (C=O) groups is 3. The summed E-state index contributed by atoms with van der Waals surface area (Å²) in [6.07, 6.45) is -0.123. The molecule has 1 atom stereocenters. The molecule has 0 spiro atoms. The zero-order valence-electron chi connectivity index (χ0n) is 16.8. The second kappa shape index (κ2) is 10.2. The molecule has 0 fully saturated rings. The van der Waals surface area contributed by atoms with E-state index >= 15 is 0 Å². The first-order chi connectivity index (χ1) is 14.5. The van der Waals surface area contributed by atoms with Crippen molar-refractivity contribution >= 4 is 34.2 Å². The smallest absolute Gasteiger partial charge is 0.306 e. The summed E-state index contributed by atoms with van der Waals surface area (Å²) in [5, 5.41) is 7.54. The van der Waals surface area contributed by atoms with Crippen molar-refractivity contribution in [1.82, 2.24) is 5.32 Å². The number of hydrogen-bond acceptors (Lipinski definition) is 4. The average Bonchev–Trinajstić information content (AvgIpc) is 2.77. The molecule has 3 rings (SSSR count). The second-order valence-electron chi connectivity index (χ2n) is 6.94. The van der Waals surface area contributed by atoms with E-state index in [4.69, 9.17) is 4.74 Å². The lowest BCUT2D eigenvalue weighted by Crippen LogP contribution is -2.31. The van der Waals surface area contributed by atoms with Crippen LogP contribution in [0.1, 0.15) is 31.4 Å². The molecule has 0 saturated heterocycles. The van der Waals surface area contributed by atoms with Gasteiger partial charge < -0.3 is 15.4 Å². The Hall–Kier alpha value is -3.67. The highest BCUT2D eigenvalue weighted by atomic mass is 16.5. The monoisotopic (exact) mass is 404 g/mol. The predicted molar refractivity (Wildman–Crippen MR) is 116 cm³/mol. The van der Waals surface area contributed by atoms with Gasteiger partial charge >= 0.3 is 5.97 Å². The third-order valence-corrected chi connectivity index (χ3v) is 4.66. The molecular weight excluding hydrogens is 380 g/mol. The van der Waals surface area contributed by atoms with Gasteiger partial charge in [-0.3, -0.25) is 14.4 Å². The van der Waals surface area contributed by atoms with Gasteiger partial charge in [-0.1, -0.05) is 66.7 Å². The second-order valence-corrected chi connectivity index (χ2v) is 6.94. The van der Waals surface area contributed by atoms with Gasteiger partial charge in [0.1, 0.15) is 0 Å². The Morgan fingerprint density at radius 2 is 1.53 bits per heavy atom. The molecule has 3 aromatic rings. The minimum Gasteiger partial charge on any atom is -0.456 e. The number of rotatable bonds is 8. The molecule has 0 saturated carbocycles. The summed E-state index contributed by atoms with van der Waals surface area (Å²) in [5.41, 5.74) is 1.66. The number of amides is 2. The summed E-state index contributed by atoms with van der Waals surface area (Å²) in [5.74, 6) is -1.27. The fourth-order valence-corrected chi connectivity index (χ4v) is 3.09. The van der Waals surface area contributed by atoms with Crippen molar-refractivity contribution in [2.24, 2.45) is 0 Å². The van der Waals surface area contributed by atoms with E-state index < -0.39 is 5.97 Å². The molecule has 0 aliphatic rings. The number of anilines is 1. The van der Waals surface area contributed by atoms with E-state index in [1.165, 1.54) is 0 Å². The number of ether oxygens (including phenoxy) is 1. The number of hydrogen-bond donors (Lipinski definition) is 2. The summed E-state index contributed by atoms with van der Waals surface area (Å²) >= 11 is 0. The van der Waals surface area contributed by atoms with Gasteiger partial charge in [-0.15, -0.1) is 0 Å². The van der Waals surface area contributed by atoms with E-state index in [9.17, 15) is 14.4 Å². The quantitative estimate of drug-likeness (QED) is 0.556. The maximum Gasteiger partial charge on any atom is 0.306 e. The maximum atomic E-state index is 12.2. The molecule has 2 amide bonds. The highest BCUT2D eigenvalue weighted by Gasteiger charge is 2.13. The maximum absolute atomic E-state index is 12.2. The van der Waals surface area contributed by atoms with E-state index in [1.807, 2.05) is 79.7 Å². The third kappa shape index (κ3) is 5.91. The Balaban J connectivity index is 1.41. The van der Waals surface area contributed by atoms with E-state index in [1.54, 1.807) is 0 Å². The van der Waals surface area contributed by atoms with Gasteiger partial charge in [-0.05, 0) is 23.9 Å². The first-order valence-corrected chi connectivity index (χ1v) is 9.80. The Bertz CT molecular complexity index is 1030. The molecule has 6 nitrogen and oxygen atoms in total. The molecule has 0 unspecified atom stereocenters. The summed E-state index contributed by atoms with van der Waals surface area (Å²) in [7, 11) is 0. The van der Waals surface area contributed by atoms with Crippen LogP contribution < -0.4 is 10.6 Å². The van der Waals surface area contributed by atoms with Gasteiger partial charge in [0.2, 0.25) is 5.91 Å². The van der Waals surface area contributed by atoms with Crippen molar-refractivity contribution in [3.8, 4) is 0 Å². The van der Waals surface area contributed by atoms with E-state index in [-0.39, 0.29) is 37.3 Å². The summed E-state index contributed by atoms with van der Waals surface area (Å²) in [6.45, 7) is 1.48. The Morgan fingerprint density at radius 1 is 0.833 bits per heavy atom. The van der Waals surface area contributed by atoms with E-state index in [2.05, 4.69) is 10.6 Å². The lowest BCUT2D eigenvalue weighted by Gasteiger charge is -2.14. The molecule has 0 aromatic heterocycles. The van der Waals surface area contributed by atoms with Gasteiger partial charge in [0.05, 0.1) is 12.5 Å². The molecule has 6 heteroatoms. The Labute approximate surface area is 175 Å². The van der Waals surface area contributed by atoms with Crippen LogP contribution in [0, 0.1) is 0 Å². The van der Waals surface area contributed by atoms with Gasteiger partial charge in [0, 0.05) is 17.5 Å². The Morgan fingerprint density at radius 3 is 2.33 bits per heavy atom. The topological polar surface area (TPSA) is 84.5 Å². The first-order valence-electron chi connectivity index (χ1n) is 9.80. The minimum absolute atomic E-state index is 0.0237. The number of fused-ring (bicyclic) bond motifs is 1.